The number of phenolic OH excluding ortho intramolecular Hbond substituents is 2. The summed E-state index contributed by atoms with van der Waals surface area (Å²) >= 11 is 0. The van der Waals surface area contributed by atoms with Gasteiger partial charge in [-0.15, -0.1) is 0 Å². The number of fused-ring (bicyclic) bond motifs is 2. The topological polar surface area (TPSA) is 40.5 Å². The molecule has 0 aliphatic carbocycles. The van der Waals surface area contributed by atoms with Crippen molar-refractivity contribution in [3.05, 3.63) is 285 Å². The lowest BCUT2D eigenvalue weighted by molar-refractivity contribution is 0.471. The zero-order valence-corrected chi connectivity index (χ0v) is 37.7. The molecule has 0 radical (unpaired) electrons. The van der Waals surface area contributed by atoms with Gasteiger partial charge in [0, 0.05) is 55.6 Å². The van der Waals surface area contributed by atoms with Crippen LogP contribution >= 0.6 is 0 Å². The summed E-state index contributed by atoms with van der Waals surface area (Å²) in [6.45, 7) is 0. The molecule has 0 aliphatic rings. The Morgan fingerprint density at radius 2 is 0.500 bits per heavy atom. The molecule has 0 atom stereocenters. The molecule has 0 amide bonds. The Morgan fingerprint density at radius 3 is 0.871 bits per heavy atom. The van der Waals surface area contributed by atoms with E-state index in [1.807, 2.05) is 121 Å². The summed E-state index contributed by atoms with van der Waals surface area (Å²) < 4.78 is 0. The fraction of sp³-hybridized carbons (Fsp3) is 0. The van der Waals surface area contributed by atoms with Crippen LogP contribution in [-0.2, 0) is 0 Å². The Hall–Kier alpha value is -10.3. The number of hydrogen-bond donors (Lipinski definition) is 2. The van der Waals surface area contributed by atoms with Gasteiger partial charge in [-0.1, -0.05) is 192 Å². The zero-order chi connectivity index (χ0) is 47.5. The summed E-state index contributed by atoms with van der Waals surface area (Å²) in [5.74, 6) is 39.2. The van der Waals surface area contributed by atoms with Crippen LogP contribution in [-0.4, -0.2) is 10.2 Å². The number of aromatic hydroxyl groups is 2. The van der Waals surface area contributed by atoms with Gasteiger partial charge in [0.25, 0.3) is 0 Å². The van der Waals surface area contributed by atoms with Crippen molar-refractivity contribution in [2.24, 2.45) is 0 Å². The average Bonchev–Trinajstić information content (AvgIpc) is 3.41. The largest absolute Gasteiger partial charge is 0.505 e. The molecule has 10 aromatic carbocycles. The van der Waals surface area contributed by atoms with E-state index in [1.54, 1.807) is 24.3 Å². The number of rotatable bonds is 1. The zero-order valence-electron chi connectivity index (χ0n) is 37.7. The molecule has 0 fully saturated rings. The summed E-state index contributed by atoms with van der Waals surface area (Å²) in [4.78, 5) is 0. The Morgan fingerprint density at radius 1 is 0.214 bits per heavy atom. The summed E-state index contributed by atoms with van der Waals surface area (Å²) in [6.07, 6.45) is 0. The molecule has 0 saturated carbocycles. The highest BCUT2D eigenvalue weighted by atomic mass is 16.3. The van der Waals surface area contributed by atoms with Gasteiger partial charge in [0.05, 0.1) is 22.3 Å². The molecule has 2 N–H and O–H groups in total. The minimum atomic E-state index is 0.0552. The molecule has 0 aliphatic heterocycles. The summed E-state index contributed by atoms with van der Waals surface area (Å²) in [5.41, 5.74) is 10.6. The third-order valence-electron chi connectivity index (χ3n) is 11.5. The van der Waals surface area contributed by atoms with E-state index in [0.717, 1.165) is 77.2 Å². The van der Waals surface area contributed by atoms with Crippen LogP contribution in [0.25, 0.3) is 32.7 Å². The smallest absolute Gasteiger partial charge is 0.146 e. The van der Waals surface area contributed by atoms with Crippen molar-refractivity contribution in [2.45, 2.75) is 0 Å². The normalized spacial score (nSPS) is 10.0. The quantitative estimate of drug-likeness (QED) is 0.161. The summed E-state index contributed by atoms with van der Waals surface area (Å²) in [7, 11) is 0. The number of phenols is 2. The average molecular weight is 887 g/mol. The molecule has 0 bridgehead atoms. The first-order valence-corrected chi connectivity index (χ1v) is 22.6. The van der Waals surface area contributed by atoms with Gasteiger partial charge >= 0.3 is 0 Å². The van der Waals surface area contributed by atoms with Gasteiger partial charge in [-0.25, -0.2) is 0 Å². The van der Waals surface area contributed by atoms with Crippen molar-refractivity contribution >= 4 is 21.5 Å². The lowest BCUT2D eigenvalue weighted by Crippen LogP contribution is -1.93. The molecule has 0 saturated heterocycles. The monoisotopic (exact) mass is 886 g/mol. The van der Waals surface area contributed by atoms with Crippen molar-refractivity contribution in [1.82, 2.24) is 0 Å². The van der Waals surface area contributed by atoms with Crippen LogP contribution in [0.3, 0.4) is 0 Å². The number of hydrogen-bond acceptors (Lipinski definition) is 2. The van der Waals surface area contributed by atoms with E-state index >= 15 is 0 Å². The van der Waals surface area contributed by atoms with E-state index in [9.17, 15) is 10.2 Å². The predicted octanol–water partition coefficient (Wildman–Crippen LogP) is 13.5. The van der Waals surface area contributed by atoms with E-state index in [4.69, 9.17) is 0 Å². The molecule has 0 heterocycles. The molecule has 10 rings (SSSR count). The SMILES string of the molecule is Oc1c(C#Cc2ccccc2)cccc1C#Cc1cccc(C#Cc2ccc3ccccc3c2-c2c(C#Cc3cccc(C#Cc4cccc(C#Cc5ccccc5)c4O)c3)ccc3ccccc23)c1. The maximum atomic E-state index is 11.1. The van der Waals surface area contributed by atoms with Gasteiger partial charge in [0.1, 0.15) is 11.5 Å². The Balaban J connectivity index is 0.985. The van der Waals surface area contributed by atoms with Gasteiger partial charge in [-0.2, -0.15) is 0 Å². The first kappa shape index (κ1) is 43.6. The molecule has 0 aromatic heterocycles. The maximum Gasteiger partial charge on any atom is 0.146 e. The van der Waals surface area contributed by atoms with Crippen molar-refractivity contribution in [2.75, 3.05) is 0 Å². The summed E-state index contributed by atoms with van der Waals surface area (Å²) in [5, 5.41) is 26.4. The molecule has 322 valence electrons. The third kappa shape index (κ3) is 10.1. The highest BCUT2D eigenvalue weighted by Crippen LogP contribution is 2.39. The molecular weight excluding hydrogens is 849 g/mol. The molecule has 0 unspecified atom stereocenters. The third-order valence-corrected chi connectivity index (χ3v) is 11.5. The molecular formula is C68H38O2. The van der Waals surface area contributed by atoms with Gasteiger partial charge in [-0.05, 0) is 119 Å². The maximum absolute atomic E-state index is 11.1. The van der Waals surface area contributed by atoms with Crippen LogP contribution in [0.2, 0.25) is 0 Å². The summed E-state index contributed by atoms with van der Waals surface area (Å²) in [6, 6.07) is 71.1. The van der Waals surface area contributed by atoms with E-state index < -0.39 is 0 Å². The van der Waals surface area contributed by atoms with Crippen LogP contribution in [0.5, 0.6) is 11.5 Å². The second kappa shape index (κ2) is 20.5. The molecule has 2 nitrogen and oxygen atoms in total. The Labute approximate surface area is 408 Å². The van der Waals surface area contributed by atoms with Crippen molar-refractivity contribution in [3.63, 3.8) is 0 Å². The molecule has 70 heavy (non-hydrogen) atoms. The first-order valence-electron chi connectivity index (χ1n) is 22.6. The fourth-order valence-electron chi connectivity index (χ4n) is 8.01. The Kier molecular flexibility index (Phi) is 12.7. The van der Waals surface area contributed by atoms with E-state index in [0.29, 0.717) is 22.3 Å². The van der Waals surface area contributed by atoms with Gasteiger partial charge < -0.3 is 10.2 Å². The number of benzene rings is 10. The molecule has 2 heteroatoms. The molecule has 0 spiro atoms. The highest BCUT2D eigenvalue weighted by molar-refractivity contribution is 6.09. The molecule has 10 aromatic rings. The van der Waals surface area contributed by atoms with E-state index in [2.05, 4.69) is 144 Å². The second-order valence-electron chi connectivity index (χ2n) is 16.2. The Bertz CT molecular complexity index is 3780. The fourth-order valence-corrected chi connectivity index (χ4v) is 8.01. The minimum Gasteiger partial charge on any atom is -0.505 e. The van der Waals surface area contributed by atoms with Gasteiger partial charge in [0.15, 0.2) is 0 Å². The lowest BCUT2D eigenvalue weighted by Gasteiger charge is -2.15. The first-order chi connectivity index (χ1) is 34.5. The second-order valence-corrected chi connectivity index (χ2v) is 16.2. The van der Waals surface area contributed by atoms with Crippen LogP contribution in [0, 0.1) is 71.0 Å². The lowest BCUT2D eigenvalue weighted by atomic mass is 9.87. The van der Waals surface area contributed by atoms with Crippen LogP contribution in [0.4, 0.5) is 0 Å². The van der Waals surface area contributed by atoms with E-state index in [-0.39, 0.29) is 11.5 Å². The van der Waals surface area contributed by atoms with Crippen LogP contribution in [0.15, 0.2) is 218 Å². The van der Waals surface area contributed by atoms with Crippen LogP contribution < -0.4 is 0 Å². The number of para-hydroxylation sites is 2. The minimum absolute atomic E-state index is 0.0552. The van der Waals surface area contributed by atoms with Crippen LogP contribution in [0.1, 0.15) is 66.8 Å². The predicted molar refractivity (Wildman–Crippen MR) is 285 cm³/mol. The van der Waals surface area contributed by atoms with Crippen molar-refractivity contribution in [1.29, 1.82) is 0 Å². The van der Waals surface area contributed by atoms with Crippen molar-refractivity contribution in [3.8, 4) is 93.7 Å². The highest BCUT2D eigenvalue weighted by Gasteiger charge is 2.16. The van der Waals surface area contributed by atoms with Crippen molar-refractivity contribution < 1.29 is 10.2 Å². The van der Waals surface area contributed by atoms with Gasteiger partial charge in [0.2, 0.25) is 0 Å². The standard InChI is InChI=1S/C68H38O2/c69-67-59(39-31-49-15-3-1-4-16-49)25-13-27-61(67)41-35-53-21-11-19-51(47-53)33-37-57-45-43-55-23-7-9-29-63(55)65(57)66-58(46-44-56-24-8-10-30-64(56)66)38-34-52-20-12-22-54(48-52)36-42-62-28-14-26-60(68(62)70)40-32-50-17-5-2-6-18-50/h1-30,43-48,69-70H. The van der Waals surface area contributed by atoms with Gasteiger partial charge in [-0.3, -0.25) is 0 Å². The van der Waals surface area contributed by atoms with E-state index in [1.165, 1.54) is 0 Å².